The highest BCUT2D eigenvalue weighted by Gasteiger charge is 2.57. The molecule has 0 amide bonds. The zero-order valence-electron chi connectivity index (χ0n) is 13.8. The van der Waals surface area contributed by atoms with Crippen molar-refractivity contribution in [1.29, 1.82) is 0 Å². The molecule has 0 bridgehead atoms. The third-order valence-electron chi connectivity index (χ3n) is 7.40. The Kier molecular flexibility index (Phi) is 4.37. The predicted molar refractivity (Wildman–Crippen MR) is 84.9 cm³/mol. The van der Waals surface area contributed by atoms with Gasteiger partial charge in [0.2, 0.25) is 0 Å². The highest BCUT2D eigenvalue weighted by Crippen LogP contribution is 2.57. The molecule has 0 aromatic rings. The van der Waals surface area contributed by atoms with Crippen LogP contribution in [0.4, 0.5) is 0 Å². The largest absolute Gasteiger partial charge is 0.393 e. The van der Waals surface area contributed by atoms with Crippen molar-refractivity contribution >= 4 is 0 Å². The lowest BCUT2D eigenvalue weighted by atomic mass is 9.52. The number of aliphatic hydroxyl groups excluding tert-OH is 1. The molecule has 21 heavy (non-hydrogen) atoms. The van der Waals surface area contributed by atoms with Gasteiger partial charge in [-0.2, -0.15) is 0 Å². The number of hydrogen-bond donors (Lipinski definition) is 2. The van der Waals surface area contributed by atoms with Crippen molar-refractivity contribution in [1.82, 2.24) is 0 Å². The summed E-state index contributed by atoms with van der Waals surface area (Å²) in [5, 5.41) is 10.3. The molecular weight excluding hydrogens is 262 g/mol. The van der Waals surface area contributed by atoms with E-state index in [1.165, 1.54) is 6.42 Å². The van der Waals surface area contributed by atoms with Crippen molar-refractivity contribution in [3.8, 4) is 0 Å². The van der Waals surface area contributed by atoms with Gasteiger partial charge in [-0.1, -0.05) is 13.8 Å². The van der Waals surface area contributed by atoms with E-state index in [0.717, 1.165) is 58.2 Å². The minimum atomic E-state index is -0.0824. The molecule has 0 aromatic carbocycles. The van der Waals surface area contributed by atoms with Crippen molar-refractivity contribution in [2.45, 2.75) is 76.9 Å². The average Bonchev–Trinajstić information content (AvgIpc) is 2.86. The molecule has 3 fully saturated rings. The molecule has 0 radical (unpaired) electrons. The van der Waals surface area contributed by atoms with Gasteiger partial charge < -0.3 is 15.6 Å². The molecule has 3 unspecified atom stereocenters. The van der Waals surface area contributed by atoms with Crippen molar-refractivity contribution in [3.05, 3.63) is 0 Å². The van der Waals surface area contributed by atoms with Gasteiger partial charge in [0.05, 0.1) is 6.10 Å². The summed E-state index contributed by atoms with van der Waals surface area (Å²) in [5.74, 6) is 1.64. The molecule has 6 atom stereocenters. The normalized spacial score (nSPS) is 51.4. The van der Waals surface area contributed by atoms with Crippen LogP contribution < -0.4 is 5.73 Å². The molecule has 0 spiro atoms. The zero-order chi connectivity index (χ0) is 15.1. The Morgan fingerprint density at radius 2 is 1.90 bits per heavy atom. The molecule has 3 nitrogen and oxygen atoms in total. The second kappa shape index (κ2) is 5.82. The molecule has 3 rings (SSSR count). The van der Waals surface area contributed by atoms with Crippen LogP contribution in [0.15, 0.2) is 0 Å². The Morgan fingerprint density at radius 1 is 1.10 bits per heavy atom. The fourth-order valence-corrected chi connectivity index (χ4v) is 5.79. The first-order chi connectivity index (χ1) is 10.0. The van der Waals surface area contributed by atoms with Crippen molar-refractivity contribution in [2.24, 2.45) is 28.9 Å². The van der Waals surface area contributed by atoms with Gasteiger partial charge in [-0.25, -0.2) is 0 Å². The molecule has 122 valence electrons. The van der Waals surface area contributed by atoms with Crippen LogP contribution in [-0.4, -0.2) is 30.0 Å². The molecule has 1 heterocycles. The Bertz CT molecular complexity index is 374. The van der Waals surface area contributed by atoms with E-state index in [4.69, 9.17) is 10.5 Å². The molecule has 3 N–H and O–H groups in total. The zero-order valence-corrected chi connectivity index (χ0v) is 13.8. The van der Waals surface area contributed by atoms with E-state index >= 15 is 0 Å². The summed E-state index contributed by atoms with van der Waals surface area (Å²) in [6.45, 7) is 6.45. The summed E-state index contributed by atoms with van der Waals surface area (Å²) < 4.78 is 5.84. The van der Waals surface area contributed by atoms with Crippen LogP contribution in [0.5, 0.6) is 0 Å². The summed E-state index contributed by atoms with van der Waals surface area (Å²) in [5.41, 5.74) is 7.30. The molecular formula is C18H33NO2. The van der Waals surface area contributed by atoms with Gasteiger partial charge in [-0.3, -0.25) is 0 Å². The summed E-state index contributed by atoms with van der Waals surface area (Å²) in [7, 11) is 0. The smallest absolute Gasteiger partial charge is 0.0571 e. The standard InChI is InChI=1S/C18H33NO2/c1-3-17(2)9-4-11-21-12-8-15-13-5-6-16(20)14(13)7-10-18(15,17)19/h13-16,20H,3-12,19H2,1-2H3/t13?,14?,15-,16?,17+,18+/m0/s1. The third-order valence-corrected chi connectivity index (χ3v) is 7.40. The summed E-state index contributed by atoms with van der Waals surface area (Å²) in [6.07, 6.45) is 8.81. The number of hydrogen-bond acceptors (Lipinski definition) is 3. The Morgan fingerprint density at radius 3 is 2.67 bits per heavy atom. The lowest BCUT2D eigenvalue weighted by Crippen LogP contribution is -2.63. The quantitative estimate of drug-likeness (QED) is 0.781. The maximum atomic E-state index is 10.3. The maximum Gasteiger partial charge on any atom is 0.0571 e. The van der Waals surface area contributed by atoms with Crippen LogP contribution in [0, 0.1) is 23.2 Å². The van der Waals surface area contributed by atoms with Gasteiger partial charge in [-0.15, -0.1) is 0 Å². The van der Waals surface area contributed by atoms with E-state index in [1.54, 1.807) is 0 Å². The molecule has 3 heteroatoms. The molecule has 2 aliphatic carbocycles. The summed E-state index contributed by atoms with van der Waals surface area (Å²) in [4.78, 5) is 0. The van der Waals surface area contributed by atoms with Gasteiger partial charge in [0.25, 0.3) is 0 Å². The lowest BCUT2D eigenvalue weighted by molar-refractivity contribution is -0.0417. The van der Waals surface area contributed by atoms with Crippen LogP contribution in [0.1, 0.15) is 65.2 Å². The SMILES string of the molecule is CC[C@]1(C)CCCOCC[C@H]2C3CCC(O)C3CC[C@@]21N. The maximum absolute atomic E-state index is 10.3. The molecule has 2 saturated carbocycles. The van der Waals surface area contributed by atoms with E-state index in [2.05, 4.69) is 13.8 Å². The van der Waals surface area contributed by atoms with Crippen molar-refractivity contribution < 1.29 is 9.84 Å². The number of fused-ring (bicyclic) bond motifs is 3. The van der Waals surface area contributed by atoms with Crippen LogP contribution in [-0.2, 0) is 4.74 Å². The lowest BCUT2D eigenvalue weighted by Gasteiger charge is -2.57. The minimum absolute atomic E-state index is 0.0688. The third kappa shape index (κ3) is 2.46. The average molecular weight is 295 g/mol. The first-order valence-electron chi connectivity index (χ1n) is 9.06. The molecule has 1 aliphatic heterocycles. The first kappa shape index (κ1) is 15.8. The van der Waals surface area contributed by atoms with Gasteiger partial charge in [0.1, 0.15) is 0 Å². The fourth-order valence-electron chi connectivity index (χ4n) is 5.79. The molecule has 0 aromatic heterocycles. The minimum Gasteiger partial charge on any atom is -0.393 e. The van der Waals surface area contributed by atoms with Crippen LogP contribution >= 0.6 is 0 Å². The number of ether oxygens (including phenoxy) is 1. The monoisotopic (exact) mass is 295 g/mol. The highest BCUT2D eigenvalue weighted by molar-refractivity contribution is 5.11. The van der Waals surface area contributed by atoms with Gasteiger partial charge in [-0.05, 0) is 74.5 Å². The Hall–Kier alpha value is -0.120. The van der Waals surface area contributed by atoms with Crippen molar-refractivity contribution in [3.63, 3.8) is 0 Å². The van der Waals surface area contributed by atoms with Gasteiger partial charge >= 0.3 is 0 Å². The fraction of sp³-hybridized carbons (Fsp3) is 1.00. The predicted octanol–water partition coefficient (Wildman–Crippen LogP) is 3.10. The van der Waals surface area contributed by atoms with E-state index in [1.807, 2.05) is 0 Å². The van der Waals surface area contributed by atoms with Crippen LogP contribution in [0.3, 0.4) is 0 Å². The van der Waals surface area contributed by atoms with Crippen LogP contribution in [0.2, 0.25) is 0 Å². The highest BCUT2D eigenvalue weighted by atomic mass is 16.5. The summed E-state index contributed by atoms with van der Waals surface area (Å²) in [6, 6.07) is 0. The Labute approximate surface area is 129 Å². The van der Waals surface area contributed by atoms with Crippen molar-refractivity contribution in [2.75, 3.05) is 13.2 Å². The van der Waals surface area contributed by atoms with E-state index < -0.39 is 0 Å². The number of rotatable bonds is 1. The molecule has 3 aliphatic rings. The second-order valence-corrected chi connectivity index (χ2v) is 8.08. The van der Waals surface area contributed by atoms with Gasteiger partial charge in [0.15, 0.2) is 0 Å². The van der Waals surface area contributed by atoms with Crippen LogP contribution in [0.25, 0.3) is 0 Å². The second-order valence-electron chi connectivity index (χ2n) is 8.08. The van der Waals surface area contributed by atoms with E-state index in [0.29, 0.717) is 17.8 Å². The van der Waals surface area contributed by atoms with E-state index in [-0.39, 0.29) is 17.1 Å². The Balaban J connectivity index is 1.94. The number of aliphatic hydroxyl groups is 1. The number of nitrogens with two attached hydrogens (primary N) is 1. The summed E-state index contributed by atoms with van der Waals surface area (Å²) >= 11 is 0. The van der Waals surface area contributed by atoms with Gasteiger partial charge in [0, 0.05) is 18.8 Å². The first-order valence-corrected chi connectivity index (χ1v) is 9.06. The molecule has 1 saturated heterocycles. The topological polar surface area (TPSA) is 55.5 Å². The van der Waals surface area contributed by atoms with E-state index in [9.17, 15) is 5.11 Å².